The van der Waals surface area contributed by atoms with Crippen LogP contribution in [0.5, 0.6) is 0 Å². The van der Waals surface area contributed by atoms with Crippen molar-refractivity contribution in [3.05, 3.63) is 27.2 Å². The third-order valence-corrected chi connectivity index (χ3v) is 4.07. The molecule has 1 aliphatic rings. The monoisotopic (exact) mass is 317 g/mol. The standard InChI is InChI=1S/C12H13BrClNO2/c1-7-5-8(13)11(6-9(7)14)15-4-3-10(15)12(16)17-2/h5-6,10H,3-4H2,1-2H3. The SMILES string of the molecule is COC(=O)C1CCN1c1cc(Cl)c(C)cc1Br. The summed E-state index contributed by atoms with van der Waals surface area (Å²) in [6, 6.07) is 3.66. The summed E-state index contributed by atoms with van der Waals surface area (Å²) in [5, 5.41) is 0.707. The largest absolute Gasteiger partial charge is 0.467 e. The number of methoxy groups -OCH3 is 1. The Labute approximate surface area is 114 Å². The van der Waals surface area contributed by atoms with E-state index in [2.05, 4.69) is 15.9 Å². The number of hydrogen-bond donors (Lipinski definition) is 0. The van der Waals surface area contributed by atoms with Crippen LogP contribution in [0.4, 0.5) is 5.69 Å². The third kappa shape index (κ3) is 2.29. The topological polar surface area (TPSA) is 29.5 Å². The second-order valence-electron chi connectivity index (χ2n) is 4.07. The van der Waals surface area contributed by atoms with Gasteiger partial charge in [0.25, 0.3) is 0 Å². The van der Waals surface area contributed by atoms with Crippen LogP contribution >= 0.6 is 27.5 Å². The van der Waals surface area contributed by atoms with Crippen LogP contribution in [0.2, 0.25) is 5.02 Å². The molecule has 0 radical (unpaired) electrons. The molecule has 2 rings (SSSR count). The fourth-order valence-electron chi connectivity index (χ4n) is 1.91. The van der Waals surface area contributed by atoms with Gasteiger partial charge in [0.05, 0.1) is 12.8 Å². The second kappa shape index (κ2) is 4.86. The molecule has 92 valence electrons. The predicted molar refractivity (Wildman–Crippen MR) is 71.7 cm³/mol. The summed E-state index contributed by atoms with van der Waals surface area (Å²) in [6.07, 6.45) is 0.824. The van der Waals surface area contributed by atoms with E-state index in [0.717, 1.165) is 28.7 Å². The summed E-state index contributed by atoms with van der Waals surface area (Å²) in [4.78, 5) is 13.5. The van der Waals surface area contributed by atoms with Gasteiger partial charge in [-0.2, -0.15) is 0 Å². The molecule has 0 aromatic heterocycles. The van der Waals surface area contributed by atoms with Crippen LogP contribution in [0.25, 0.3) is 0 Å². The van der Waals surface area contributed by atoms with E-state index < -0.39 is 0 Å². The Morgan fingerprint density at radius 3 is 2.82 bits per heavy atom. The van der Waals surface area contributed by atoms with Crippen molar-refractivity contribution in [1.29, 1.82) is 0 Å². The third-order valence-electron chi connectivity index (χ3n) is 3.03. The van der Waals surface area contributed by atoms with Gasteiger partial charge in [0.2, 0.25) is 0 Å². The van der Waals surface area contributed by atoms with Crippen molar-refractivity contribution < 1.29 is 9.53 Å². The molecule has 1 unspecified atom stereocenters. The van der Waals surface area contributed by atoms with Crippen molar-refractivity contribution in [3.63, 3.8) is 0 Å². The summed E-state index contributed by atoms with van der Waals surface area (Å²) in [6.45, 7) is 2.79. The lowest BCUT2D eigenvalue weighted by Gasteiger charge is -2.41. The molecule has 1 aromatic rings. The number of benzene rings is 1. The van der Waals surface area contributed by atoms with Crippen molar-refractivity contribution in [2.24, 2.45) is 0 Å². The van der Waals surface area contributed by atoms with Gasteiger partial charge in [-0.3, -0.25) is 0 Å². The van der Waals surface area contributed by atoms with Gasteiger partial charge in [0.15, 0.2) is 0 Å². The fraction of sp³-hybridized carbons (Fsp3) is 0.417. The maximum absolute atomic E-state index is 11.5. The van der Waals surface area contributed by atoms with Crippen molar-refractivity contribution in [2.75, 3.05) is 18.6 Å². The van der Waals surface area contributed by atoms with Gasteiger partial charge in [0, 0.05) is 16.0 Å². The van der Waals surface area contributed by atoms with E-state index in [4.69, 9.17) is 16.3 Å². The molecule has 1 aromatic carbocycles. The number of aryl methyl sites for hydroxylation is 1. The van der Waals surface area contributed by atoms with Gasteiger partial charge in [0.1, 0.15) is 6.04 Å². The number of carbonyl (C=O) groups excluding carboxylic acids is 1. The lowest BCUT2D eigenvalue weighted by molar-refractivity contribution is -0.143. The van der Waals surface area contributed by atoms with Crippen LogP contribution in [0.1, 0.15) is 12.0 Å². The summed E-state index contributed by atoms with van der Waals surface area (Å²) >= 11 is 9.61. The van der Waals surface area contributed by atoms with Crippen molar-refractivity contribution >= 4 is 39.2 Å². The van der Waals surface area contributed by atoms with E-state index in [0.29, 0.717) is 5.02 Å². The molecule has 1 heterocycles. The van der Waals surface area contributed by atoms with Gasteiger partial charge in [-0.1, -0.05) is 11.6 Å². The lowest BCUT2D eigenvalue weighted by atomic mass is 10.0. The number of anilines is 1. The van der Waals surface area contributed by atoms with Crippen LogP contribution in [0.15, 0.2) is 16.6 Å². The quantitative estimate of drug-likeness (QED) is 0.785. The average Bonchev–Trinajstić information content (AvgIpc) is 2.24. The van der Waals surface area contributed by atoms with Crippen molar-refractivity contribution in [3.8, 4) is 0 Å². The first-order valence-electron chi connectivity index (χ1n) is 5.34. The predicted octanol–water partition coefficient (Wildman–Crippen LogP) is 3.16. The van der Waals surface area contributed by atoms with Crippen molar-refractivity contribution in [1.82, 2.24) is 0 Å². The molecule has 1 atom stereocenters. The van der Waals surface area contributed by atoms with Crippen molar-refractivity contribution in [2.45, 2.75) is 19.4 Å². The highest BCUT2D eigenvalue weighted by Crippen LogP contribution is 2.36. The molecule has 5 heteroatoms. The normalized spacial score (nSPS) is 18.8. The number of carbonyl (C=O) groups is 1. The van der Waals surface area contributed by atoms with Crippen LogP contribution in [0, 0.1) is 6.92 Å². The van der Waals surface area contributed by atoms with Crippen LogP contribution < -0.4 is 4.90 Å². The van der Waals surface area contributed by atoms with E-state index in [1.54, 1.807) is 0 Å². The first-order chi connectivity index (χ1) is 8.04. The average molecular weight is 319 g/mol. The smallest absolute Gasteiger partial charge is 0.328 e. The molecule has 3 nitrogen and oxygen atoms in total. The first kappa shape index (κ1) is 12.7. The minimum Gasteiger partial charge on any atom is -0.467 e. The first-order valence-corrected chi connectivity index (χ1v) is 6.52. The maximum atomic E-state index is 11.5. The zero-order chi connectivity index (χ0) is 12.6. The molecule has 1 saturated heterocycles. The summed E-state index contributed by atoms with van der Waals surface area (Å²) in [5.74, 6) is -0.195. The Balaban J connectivity index is 2.29. The van der Waals surface area contributed by atoms with Gasteiger partial charge in [-0.15, -0.1) is 0 Å². The minimum absolute atomic E-state index is 0.185. The van der Waals surface area contributed by atoms with Gasteiger partial charge in [-0.25, -0.2) is 4.79 Å². The highest BCUT2D eigenvalue weighted by molar-refractivity contribution is 9.10. The number of ether oxygens (including phenoxy) is 1. The number of esters is 1. The molecule has 1 fully saturated rings. The van der Waals surface area contributed by atoms with Gasteiger partial charge >= 0.3 is 5.97 Å². The molecule has 0 N–H and O–H groups in total. The van der Waals surface area contributed by atoms with Gasteiger partial charge < -0.3 is 9.64 Å². The van der Waals surface area contributed by atoms with E-state index >= 15 is 0 Å². The highest BCUT2D eigenvalue weighted by atomic mass is 79.9. The Hall–Kier alpha value is -0.740. The Morgan fingerprint density at radius 2 is 2.29 bits per heavy atom. The molecular formula is C12H13BrClNO2. The van der Waals surface area contributed by atoms with E-state index in [9.17, 15) is 4.79 Å². The molecule has 0 amide bonds. The Morgan fingerprint density at radius 1 is 1.59 bits per heavy atom. The molecule has 0 saturated carbocycles. The summed E-state index contributed by atoms with van der Waals surface area (Å²) in [7, 11) is 1.41. The number of halogens is 2. The number of hydrogen-bond acceptors (Lipinski definition) is 3. The van der Waals surface area contributed by atoms with Crippen LogP contribution in [-0.4, -0.2) is 25.7 Å². The molecule has 17 heavy (non-hydrogen) atoms. The Kier molecular flexibility index (Phi) is 3.64. The number of rotatable bonds is 2. The zero-order valence-electron chi connectivity index (χ0n) is 9.67. The van der Waals surface area contributed by atoms with E-state index in [1.165, 1.54) is 7.11 Å². The lowest BCUT2D eigenvalue weighted by Crippen LogP contribution is -2.53. The molecule has 0 bridgehead atoms. The van der Waals surface area contributed by atoms with Gasteiger partial charge in [-0.05, 0) is 47.0 Å². The molecule has 1 aliphatic heterocycles. The Bertz CT molecular complexity index is 464. The molecule has 0 aliphatic carbocycles. The fourth-order valence-corrected chi connectivity index (χ4v) is 2.76. The maximum Gasteiger partial charge on any atom is 0.328 e. The molecular weight excluding hydrogens is 305 g/mol. The zero-order valence-corrected chi connectivity index (χ0v) is 12.0. The highest BCUT2D eigenvalue weighted by Gasteiger charge is 2.36. The minimum atomic E-state index is -0.195. The van der Waals surface area contributed by atoms with E-state index in [-0.39, 0.29) is 12.0 Å². The van der Waals surface area contributed by atoms with Crippen LogP contribution in [-0.2, 0) is 9.53 Å². The number of nitrogens with zero attached hydrogens (tertiary/aromatic N) is 1. The van der Waals surface area contributed by atoms with Crippen LogP contribution in [0.3, 0.4) is 0 Å². The molecule has 0 spiro atoms. The summed E-state index contributed by atoms with van der Waals surface area (Å²) in [5.41, 5.74) is 1.96. The summed E-state index contributed by atoms with van der Waals surface area (Å²) < 4.78 is 5.72. The second-order valence-corrected chi connectivity index (χ2v) is 5.34. The van der Waals surface area contributed by atoms with E-state index in [1.807, 2.05) is 24.0 Å².